The molecule has 0 fully saturated rings. The Labute approximate surface area is 257 Å². The lowest BCUT2D eigenvalue weighted by atomic mass is 10.1. The first kappa shape index (κ1) is 24.3. The molecule has 0 saturated carbocycles. The molecule has 10 aromatic rings. The number of furan rings is 1. The maximum Gasteiger partial charge on any atom is 0.164 e. The van der Waals surface area contributed by atoms with Gasteiger partial charge in [-0.25, -0.2) is 4.98 Å². The smallest absolute Gasteiger partial charge is 0.164 e. The summed E-state index contributed by atoms with van der Waals surface area (Å²) in [5, 5.41) is 7.00. The second-order valence-electron chi connectivity index (χ2n) is 11.4. The molecule has 4 heterocycles. The van der Waals surface area contributed by atoms with Crippen LogP contribution >= 0.6 is 0 Å². The first-order valence-corrected chi connectivity index (χ1v) is 15.1. The molecule has 0 aliphatic rings. The Kier molecular flexibility index (Phi) is 4.93. The number of benzene rings is 6. The third kappa shape index (κ3) is 3.32. The van der Waals surface area contributed by atoms with Gasteiger partial charge in [0.1, 0.15) is 11.3 Å². The highest BCUT2D eigenvalue weighted by molar-refractivity contribution is 6.29. The second-order valence-corrected chi connectivity index (χ2v) is 11.4. The van der Waals surface area contributed by atoms with Crippen LogP contribution in [-0.2, 0) is 0 Å². The molecule has 10 rings (SSSR count). The van der Waals surface area contributed by atoms with Gasteiger partial charge in [-0.1, -0.05) is 97.1 Å². The summed E-state index contributed by atoms with van der Waals surface area (Å²) in [6, 6.07) is 46.8. The van der Waals surface area contributed by atoms with Crippen molar-refractivity contribution in [3.05, 3.63) is 146 Å². The number of nitrogens with zero attached hydrogens (tertiary/aromatic N) is 4. The Morgan fingerprint density at radius 1 is 0.444 bits per heavy atom. The SMILES string of the molecule is c1ccc(-c2nccnc2-n2c3ccccc3c3c4c5ccccc5n(-c5cccc6c5oc5ccccc56)c4ccc32)cc1. The van der Waals surface area contributed by atoms with Crippen molar-refractivity contribution in [1.29, 1.82) is 0 Å². The van der Waals surface area contributed by atoms with Gasteiger partial charge in [-0.15, -0.1) is 0 Å². The molecule has 45 heavy (non-hydrogen) atoms. The molecule has 5 heteroatoms. The van der Waals surface area contributed by atoms with E-state index >= 15 is 0 Å². The molecule has 6 aromatic carbocycles. The third-order valence-electron chi connectivity index (χ3n) is 9.03. The normalized spacial score (nSPS) is 12.0. The van der Waals surface area contributed by atoms with Crippen molar-refractivity contribution < 1.29 is 4.42 Å². The molecule has 0 unspecified atom stereocenters. The highest BCUT2D eigenvalue weighted by atomic mass is 16.3. The fraction of sp³-hybridized carbons (Fsp3) is 0. The lowest BCUT2D eigenvalue weighted by Gasteiger charge is -2.12. The van der Waals surface area contributed by atoms with Gasteiger partial charge in [0, 0.05) is 50.3 Å². The van der Waals surface area contributed by atoms with Crippen LogP contribution in [0.5, 0.6) is 0 Å². The Morgan fingerprint density at radius 3 is 1.82 bits per heavy atom. The minimum atomic E-state index is 0.810. The maximum absolute atomic E-state index is 6.54. The second kappa shape index (κ2) is 9.15. The van der Waals surface area contributed by atoms with Crippen molar-refractivity contribution in [2.75, 3.05) is 0 Å². The van der Waals surface area contributed by atoms with Gasteiger partial charge in [0.25, 0.3) is 0 Å². The van der Waals surface area contributed by atoms with Crippen molar-refractivity contribution in [3.8, 4) is 22.8 Å². The van der Waals surface area contributed by atoms with Gasteiger partial charge in [-0.3, -0.25) is 9.55 Å². The van der Waals surface area contributed by atoms with Crippen LogP contribution in [0.1, 0.15) is 0 Å². The van der Waals surface area contributed by atoms with E-state index in [4.69, 9.17) is 14.4 Å². The van der Waals surface area contributed by atoms with Crippen molar-refractivity contribution in [3.63, 3.8) is 0 Å². The van der Waals surface area contributed by atoms with Crippen LogP contribution < -0.4 is 0 Å². The minimum Gasteiger partial charge on any atom is -0.454 e. The van der Waals surface area contributed by atoms with Gasteiger partial charge < -0.3 is 8.98 Å². The summed E-state index contributed by atoms with van der Waals surface area (Å²) >= 11 is 0. The largest absolute Gasteiger partial charge is 0.454 e. The molecule has 4 aromatic heterocycles. The highest BCUT2D eigenvalue weighted by Gasteiger charge is 2.23. The quantitative estimate of drug-likeness (QED) is 0.210. The van der Waals surface area contributed by atoms with Crippen molar-refractivity contribution >= 4 is 65.6 Å². The average molecular weight is 577 g/mol. The molecule has 0 bridgehead atoms. The van der Waals surface area contributed by atoms with Gasteiger partial charge in [0.15, 0.2) is 11.4 Å². The number of para-hydroxylation sites is 4. The van der Waals surface area contributed by atoms with Gasteiger partial charge >= 0.3 is 0 Å². The topological polar surface area (TPSA) is 48.8 Å². The summed E-state index contributed by atoms with van der Waals surface area (Å²) in [5.41, 5.74) is 9.12. The monoisotopic (exact) mass is 576 g/mol. The number of rotatable bonds is 3. The van der Waals surface area contributed by atoms with E-state index in [1.807, 2.05) is 30.3 Å². The van der Waals surface area contributed by atoms with Gasteiger partial charge in [-0.2, -0.15) is 0 Å². The minimum absolute atomic E-state index is 0.810. The maximum atomic E-state index is 6.54. The van der Waals surface area contributed by atoms with E-state index in [2.05, 4.69) is 112 Å². The van der Waals surface area contributed by atoms with E-state index in [0.29, 0.717) is 0 Å². The van der Waals surface area contributed by atoms with Crippen LogP contribution in [0, 0.1) is 0 Å². The summed E-state index contributed by atoms with van der Waals surface area (Å²) in [5.74, 6) is 0.810. The van der Waals surface area contributed by atoms with E-state index < -0.39 is 0 Å². The zero-order chi connectivity index (χ0) is 29.5. The Morgan fingerprint density at radius 2 is 1.04 bits per heavy atom. The van der Waals surface area contributed by atoms with E-state index in [1.165, 1.54) is 21.5 Å². The highest BCUT2D eigenvalue weighted by Crippen LogP contribution is 2.44. The lowest BCUT2D eigenvalue weighted by molar-refractivity contribution is 0.666. The summed E-state index contributed by atoms with van der Waals surface area (Å²) in [6.07, 6.45) is 3.55. The molecule has 0 radical (unpaired) electrons. The molecule has 0 aliphatic carbocycles. The fourth-order valence-electron chi connectivity index (χ4n) is 7.21. The van der Waals surface area contributed by atoms with Gasteiger partial charge in [0.2, 0.25) is 0 Å². The zero-order valence-corrected chi connectivity index (χ0v) is 24.1. The van der Waals surface area contributed by atoms with E-state index in [1.54, 1.807) is 12.4 Å². The number of hydrogen-bond acceptors (Lipinski definition) is 3. The molecule has 0 aliphatic heterocycles. The molecule has 0 saturated heterocycles. The van der Waals surface area contributed by atoms with Crippen molar-refractivity contribution in [2.24, 2.45) is 0 Å². The van der Waals surface area contributed by atoms with Crippen LogP contribution in [0.2, 0.25) is 0 Å². The Hall–Kier alpha value is -6.20. The summed E-state index contributed by atoms with van der Waals surface area (Å²) in [4.78, 5) is 9.75. The van der Waals surface area contributed by atoms with Crippen LogP contribution in [0.4, 0.5) is 0 Å². The fourth-order valence-corrected chi connectivity index (χ4v) is 7.21. The van der Waals surface area contributed by atoms with E-state index in [-0.39, 0.29) is 0 Å². The first-order chi connectivity index (χ1) is 22.4. The summed E-state index contributed by atoms with van der Waals surface area (Å²) in [7, 11) is 0. The first-order valence-electron chi connectivity index (χ1n) is 15.1. The molecule has 0 N–H and O–H groups in total. The number of aromatic nitrogens is 4. The number of hydrogen-bond donors (Lipinski definition) is 0. The molecule has 0 spiro atoms. The van der Waals surface area contributed by atoms with Gasteiger partial charge in [-0.05, 0) is 36.4 Å². The molecular weight excluding hydrogens is 552 g/mol. The standard InChI is InChI=1S/C40H24N4O/c1-2-11-25(12-3-1)38-40(42-24-23-41-38)44-31-18-8-5-15-29(31)37-33(44)22-21-32-36(37)28-14-4-7-17-30(28)43(32)34-19-10-16-27-26-13-6-9-20-35(26)45-39(27)34/h1-24H. The van der Waals surface area contributed by atoms with Crippen LogP contribution in [0.25, 0.3) is 88.3 Å². The third-order valence-corrected chi connectivity index (χ3v) is 9.03. The van der Waals surface area contributed by atoms with Gasteiger partial charge in [0.05, 0.1) is 27.8 Å². The Bertz CT molecular complexity index is 2770. The van der Waals surface area contributed by atoms with Crippen molar-refractivity contribution in [1.82, 2.24) is 19.1 Å². The Balaban J connectivity index is 1.36. The van der Waals surface area contributed by atoms with Crippen LogP contribution in [0.3, 0.4) is 0 Å². The predicted octanol–water partition coefficient (Wildman–Crippen LogP) is 10.2. The van der Waals surface area contributed by atoms with E-state index in [0.717, 1.165) is 66.8 Å². The molecule has 0 amide bonds. The predicted molar refractivity (Wildman–Crippen MR) is 183 cm³/mol. The molecule has 210 valence electrons. The molecule has 5 nitrogen and oxygen atoms in total. The number of fused-ring (bicyclic) bond motifs is 10. The van der Waals surface area contributed by atoms with Crippen LogP contribution in [-0.4, -0.2) is 19.1 Å². The lowest BCUT2D eigenvalue weighted by Crippen LogP contribution is -2.02. The summed E-state index contributed by atoms with van der Waals surface area (Å²) in [6.45, 7) is 0. The van der Waals surface area contributed by atoms with E-state index in [9.17, 15) is 0 Å². The zero-order valence-electron chi connectivity index (χ0n) is 24.1. The van der Waals surface area contributed by atoms with Crippen molar-refractivity contribution in [2.45, 2.75) is 0 Å². The van der Waals surface area contributed by atoms with Crippen LogP contribution in [0.15, 0.2) is 150 Å². The summed E-state index contributed by atoms with van der Waals surface area (Å²) < 4.78 is 11.2. The molecular formula is C40H24N4O. The molecule has 0 atom stereocenters. The average Bonchev–Trinajstić information content (AvgIpc) is 3.76.